The van der Waals surface area contributed by atoms with Gasteiger partial charge in [0, 0.05) is 25.0 Å². The summed E-state index contributed by atoms with van der Waals surface area (Å²) in [4.78, 5) is 0.376. The molecule has 0 unspecified atom stereocenters. The average Bonchev–Trinajstić information content (AvgIpc) is 3.20. The van der Waals surface area contributed by atoms with Crippen LogP contribution in [0.2, 0.25) is 0 Å². The van der Waals surface area contributed by atoms with Crippen LogP contribution < -0.4 is 0 Å². The van der Waals surface area contributed by atoms with Crippen molar-refractivity contribution in [1.82, 2.24) is 8.87 Å². The summed E-state index contributed by atoms with van der Waals surface area (Å²) in [5, 5.41) is 0. The van der Waals surface area contributed by atoms with Crippen LogP contribution in [-0.2, 0) is 23.6 Å². The zero-order valence-electron chi connectivity index (χ0n) is 11.4. The minimum atomic E-state index is -3.41. The lowest BCUT2D eigenvalue weighted by molar-refractivity contribution is 0.390. The Morgan fingerprint density at radius 2 is 1.85 bits per heavy atom. The molecule has 0 spiro atoms. The van der Waals surface area contributed by atoms with E-state index in [1.807, 2.05) is 36.0 Å². The summed E-state index contributed by atoms with van der Waals surface area (Å²) in [5.74, 6) is 0. The Balaban J connectivity index is 1.93. The van der Waals surface area contributed by atoms with E-state index in [4.69, 9.17) is 0 Å². The molecule has 1 heterocycles. The van der Waals surface area contributed by atoms with E-state index >= 15 is 0 Å². The standard InChI is InChI=1S/C15H18N2O2S/c1-16-11-5-6-14(16)12-17(13-9-10-13)20(18,19)15-7-3-2-4-8-15/h2-8,11,13H,9-10,12H2,1H3. The zero-order chi connectivity index (χ0) is 14.2. The van der Waals surface area contributed by atoms with E-state index in [0.29, 0.717) is 11.4 Å². The molecule has 5 heteroatoms. The second-order valence-corrected chi connectivity index (χ2v) is 7.10. The minimum absolute atomic E-state index is 0.148. The van der Waals surface area contributed by atoms with Gasteiger partial charge in [-0.05, 0) is 37.1 Å². The van der Waals surface area contributed by atoms with Gasteiger partial charge in [0.05, 0.1) is 11.4 Å². The summed E-state index contributed by atoms with van der Waals surface area (Å²) in [7, 11) is -1.47. The number of hydrogen-bond acceptors (Lipinski definition) is 2. The van der Waals surface area contributed by atoms with Crippen LogP contribution in [0.5, 0.6) is 0 Å². The van der Waals surface area contributed by atoms with Crippen LogP contribution in [0.4, 0.5) is 0 Å². The molecule has 0 aliphatic heterocycles. The van der Waals surface area contributed by atoms with E-state index in [0.717, 1.165) is 18.5 Å². The maximum Gasteiger partial charge on any atom is 0.243 e. The largest absolute Gasteiger partial charge is 0.353 e. The molecule has 0 radical (unpaired) electrons. The fraction of sp³-hybridized carbons (Fsp3) is 0.333. The van der Waals surface area contributed by atoms with Crippen LogP contribution in [0.25, 0.3) is 0 Å². The normalized spacial score (nSPS) is 15.7. The topological polar surface area (TPSA) is 42.3 Å². The first-order valence-electron chi connectivity index (χ1n) is 6.76. The van der Waals surface area contributed by atoms with Gasteiger partial charge in [-0.15, -0.1) is 0 Å². The first kappa shape index (κ1) is 13.4. The molecular formula is C15H18N2O2S. The number of aromatic nitrogens is 1. The zero-order valence-corrected chi connectivity index (χ0v) is 12.3. The molecule has 106 valence electrons. The molecule has 1 fully saturated rings. The van der Waals surface area contributed by atoms with Crippen molar-refractivity contribution >= 4 is 10.0 Å². The van der Waals surface area contributed by atoms with Gasteiger partial charge in [-0.3, -0.25) is 0 Å². The van der Waals surface area contributed by atoms with Crippen LogP contribution in [-0.4, -0.2) is 23.3 Å². The lowest BCUT2D eigenvalue weighted by atomic mass is 10.4. The minimum Gasteiger partial charge on any atom is -0.353 e. The molecule has 0 bridgehead atoms. The van der Waals surface area contributed by atoms with E-state index in [2.05, 4.69) is 0 Å². The van der Waals surface area contributed by atoms with Gasteiger partial charge in [0.15, 0.2) is 0 Å². The van der Waals surface area contributed by atoms with Gasteiger partial charge in [-0.25, -0.2) is 8.42 Å². The van der Waals surface area contributed by atoms with Gasteiger partial charge in [0.25, 0.3) is 0 Å². The Morgan fingerprint density at radius 3 is 2.40 bits per heavy atom. The second-order valence-electron chi connectivity index (χ2n) is 5.20. The van der Waals surface area contributed by atoms with Gasteiger partial charge < -0.3 is 4.57 Å². The van der Waals surface area contributed by atoms with Gasteiger partial charge >= 0.3 is 0 Å². The molecule has 1 aromatic carbocycles. The van der Waals surface area contributed by atoms with Gasteiger partial charge in [-0.2, -0.15) is 4.31 Å². The molecule has 1 saturated carbocycles. The summed E-state index contributed by atoms with van der Waals surface area (Å²) < 4.78 is 29.1. The Labute approximate surface area is 119 Å². The predicted molar refractivity (Wildman–Crippen MR) is 77.6 cm³/mol. The van der Waals surface area contributed by atoms with E-state index in [9.17, 15) is 8.42 Å². The molecule has 0 amide bonds. The van der Waals surface area contributed by atoms with E-state index in [-0.39, 0.29) is 6.04 Å². The van der Waals surface area contributed by atoms with Crippen LogP contribution >= 0.6 is 0 Å². The monoisotopic (exact) mass is 290 g/mol. The first-order chi connectivity index (χ1) is 9.59. The highest BCUT2D eigenvalue weighted by atomic mass is 32.2. The van der Waals surface area contributed by atoms with Crippen molar-refractivity contribution in [3.63, 3.8) is 0 Å². The fourth-order valence-electron chi connectivity index (χ4n) is 2.32. The molecule has 1 aliphatic rings. The highest BCUT2D eigenvalue weighted by Crippen LogP contribution is 2.33. The lowest BCUT2D eigenvalue weighted by Gasteiger charge is -2.22. The van der Waals surface area contributed by atoms with Gasteiger partial charge in [0.2, 0.25) is 10.0 Å². The smallest absolute Gasteiger partial charge is 0.243 e. The second kappa shape index (κ2) is 5.07. The molecule has 2 aromatic rings. The summed E-state index contributed by atoms with van der Waals surface area (Å²) in [5.41, 5.74) is 1.01. The molecule has 3 rings (SSSR count). The van der Waals surface area contributed by atoms with E-state index in [1.54, 1.807) is 28.6 Å². The van der Waals surface area contributed by atoms with Crippen LogP contribution in [0, 0.1) is 0 Å². The van der Waals surface area contributed by atoms with Crippen molar-refractivity contribution in [1.29, 1.82) is 0 Å². The third-order valence-electron chi connectivity index (χ3n) is 3.67. The van der Waals surface area contributed by atoms with Crippen molar-refractivity contribution in [3.8, 4) is 0 Å². The molecular weight excluding hydrogens is 272 g/mol. The molecule has 1 aromatic heterocycles. The maximum absolute atomic E-state index is 12.8. The van der Waals surface area contributed by atoms with Crippen LogP contribution in [0.3, 0.4) is 0 Å². The van der Waals surface area contributed by atoms with Crippen molar-refractivity contribution in [2.75, 3.05) is 0 Å². The lowest BCUT2D eigenvalue weighted by Crippen LogP contribution is -2.33. The summed E-state index contributed by atoms with van der Waals surface area (Å²) in [6, 6.07) is 12.7. The predicted octanol–water partition coefficient (Wildman–Crippen LogP) is 2.38. The highest BCUT2D eigenvalue weighted by molar-refractivity contribution is 7.89. The van der Waals surface area contributed by atoms with Crippen molar-refractivity contribution < 1.29 is 8.42 Å². The SMILES string of the molecule is Cn1cccc1CN(C1CC1)S(=O)(=O)c1ccccc1. The van der Waals surface area contributed by atoms with Crippen molar-refractivity contribution in [2.45, 2.75) is 30.3 Å². The van der Waals surface area contributed by atoms with E-state index in [1.165, 1.54) is 0 Å². The Bertz CT molecular complexity index is 688. The molecule has 1 aliphatic carbocycles. The van der Waals surface area contributed by atoms with Crippen molar-refractivity contribution in [3.05, 3.63) is 54.4 Å². The number of benzene rings is 1. The van der Waals surface area contributed by atoms with E-state index < -0.39 is 10.0 Å². The summed E-state index contributed by atoms with van der Waals surface area (Å²) >= 11 is 0. The summed E-state index contributed by atoms with van der Waals surface area (Å²) in [6.45, 7) is 0.436. The van der Waals surface area contributed by atoms with Crippen LogP contribution in [0.1, 0.15) is 18.5 Å². The third kappa shape index (κ3) is 2.51. The molecule has 0 N–H and O–H groups in total. The number of aryl methyl sites for hydroxylation is 1. The number of hydrogen-bond donors (Lipinski definition) is 0. The Hall–Kier alpha value is -1.59. The quantitative estimate of drug-likeness (QED) is 0.848. The number of sulfonamides is 1. The number of nitrogens with zero attached hydrogens (tertiary/aromatic N) is 2. The molecule has 0 saturated heterocycles. The Morgan fingerprint density at radius 1 is 1.15 bits per heavy atom. The van der Waals surface area contributed by atoms with Gasteiger partial charge in [0.1, 0.15) is 0 Å². The van der Waals surface area contributed by atoms with Crippen molar-refractivity contribution in [2.24, 2.45) is 7.05 Å². The average molecular weight is 290 g/mol. The maximum atomic E-state index is 12.8. The highest BCUT2D eigenvalue weighted by Gasteiger charge is 2.38. The Kier molecular flexibility index (Phi) is 3.40. The molecule has 0 atom stereocenters. The fourth-order valence-corrected chi connectivity index (χ4v) is 4.00. The summed E-state index contributed by atoms with van der Waals surface area (Å²) in [6.07, 6.45) is 3.85. The first-order valence-corrected chi connectivity index (χ1v) is 8.20. The molecule has 20 heavy (non-hydrogen) atoms. The van der Waals surface area contributed by atoms with Crippen LogP contribution in [0.15, 0.2) is 53.6 Å². The molecule has 4 nitrogen and oxygen atoms in total. The number of rotatable bonds is 5. The van der Waals surface area contributed by atoms with Gasteiger partial charge in [-0.1, -0.05) is 18.2 Å². The third-order valence-corrected chi connectivity index (χ3v) is 5.59.